The topological polar surface area (TPSA) is 58.1 Å². The van der Waals surface area contributed by atoms with Crippen LogP contribution in [0.1, 0.15) is 55.3 Å². The van der Waals surface area contributed by atoms with E-state index in [4.69, 9.17) is 11.6 Å². The lowest BCUT2D eigenvalue weighted by atomic mass is 10.1. The fraction of sp³-hybridized carbons (Fsp3) is 0.667. The number of hydrogen-bond acceptors (Lipinski definition) is 4. The number of nitrogens with zero attached hydrogens (tertiary/aromatic N) is 3. The Balaban J connectivity index is 0.00000176. The second kappa shape index (κ2) is 7.11. The molecule has 22 heavy (non-hydrogen) atoms. The summed E-state index contributed by atoms with van der Waals surface area (Å²) in [5.41, 5.74) is 0.341. The van der Waals surface area contributed by atoms with E-state index in [-0.39, 0.29) is 24.2 Å². The minimum Gasteiger partial charge on any atom is -0.336 e. The zero-order valence-corrected chi connectivity index (χ0v) is 14.5. The number of aromatic nitrogens is 2. The van der Waals surface area contributed by atoms with Gasteiger partial charge in [0.15, 0.2) is 5.69 Å². The van der Waals surface area contributed by atoms with E-state index in [1.54, 1.807) is 6.20 Å². The quantitative estimate of drug-likeness (QED) is 0.895. The summed E-state index contributed by atoms with van der Waals surface area (Å²) >= 11 is 6.15. The summed E-state index contributed by atoms with van der Waals surface area (Å²) in [6.07, 6.45) is 4.91. The Morgan fingerprint density at radius 3 is 2.82 bits per heavy atom. The summed E-state index contributed by atoms with van der Waals surface area (Å²) in [6.45, 7) is 5.52. The van der Waals surface area contributed by atoms with Crippen molar-refractivity contribution in [2.45, 2.75) is 51.1 Å². The van der Waals surface area contributed by atoms with Gasteiger partial charge in [-0.1, -0.05) is 25.4 Å². The molecule has 0 radical (unpaired) electrons. The second-order valence-corrected chi connectivity index (χ2v) is 6.66. The molecule has 3 heterocycles. The van der Waals surface area contributed by atoms with Crippen LogP contribution < -0.4 is 5.32 Å². The smallest absolute Gasteiger partial charge is 0.274 e. The van der Waals surface area contributed by atoms with E-state index in [9.17, 15) is 4.79 Å². The van der Waals surface area contributed by atoms with Gasteiger partial charge in [0.05, 0.1) is 11.2 Å². The zero-order chi connectivity index (χ0) is 15.0. The molecule has 0 aliphatic carbocycles. The van der Waals surface area contributed by atoms with Crippen LogP contribution in [0.25, 0.3) is 0 Å². The summed E-state index contributed by atoms with van der Waals surface area (Å²) in [5.74, 6) is 0.770. The molecule has 122 valence electrons. The van der Waals surface area contributed by atoms with Crippen molar-refractivity contribution >= 4 is 29.9 Å². The van der Waals surface area contributed by atoms with Crippen molar-refractivity contribution in [3.63, 3.8) is 0 Å². The maximum atomic E-state index is 12.7. The van der Waals surface area contributed by atoms with E-state index in [1.165, 1.54) is 6.42 Å². The Hall–Kier alpha value is -0.910. The van der Waals surface area contributed by atoms with Gasteiger partial charge in [0, 0.05) is 31.1 Å². The van der Waals surface area contributed by atoms with E-state index in [0.29, 0.717) is 28.6 Å². The number of carbonyl (C=O) groups excluding carboxylic acids is 1. The average Bonchev–Trinajstić information content (AvgIpc) is 2.78. The first kappa shape index (κ1) is 17.4. The molecular weight excluding hydrogens is 323 g/mol. The number of likely N-dealkylation sites (tertiary alicyclic amines) is 1. The third-order valence-corrected chi connectivity index (χ3v) is 4.57. The van der Waals surface area contributed by atoms with Gasteiger partial charge in [0.2, 0.25) is 0 Å². The van der Waals surface area contributed by atoms with Crippen molar-refractivity contribution < 1.29 is 4.79 Å². The molecule has 0 spiro atoms. The first-order valence-electron chi connectivity index (χ1n) is 7.62. The van der Waals surface area contributed by atoms with Crippen molar-refractivity contribution in [1.29, 1.82) is 0 Å². The Morgan fingerprint density at radius 1 is 1.36 bits per heavy atom. The minimum absolute atomic E-state index is 0. The van der Waals surface area contributed by atoms with E-state index in [0.717, 1.165) is 25.9 Å². The fourth-order valence-electron chi connectivity index (χ4n) is 3.09. The molecule has 2 fully saturated rings. The molecule has 7 heteroatoms. The van der Waals surface area contributed by atoms with Crippen LogP contribution in [-0.4, -0.2) is 45.9 Å². The number of halogens is 2. The Morgan fingerprint density at radius 2 is 2.09 bits per heavy atom. The predicted molar refractivity (Wildman–Crippen MR) is 88.8 cm³/mol. The summed E-state index contributed by atoms with van der Waals surface area (Å²) in [5, 5.41) is 3.91. The van der Waals surface area contributed by atoms with Gasteiger partial charge >= 0.3 is 0 Å². The number of carbonyl (C=O) groups is 1. The number of rotatable bonds is 2. The van der Waals surface area contributed by atoms with Gasteiger partial charge in [-0.05, 0) is 19.3 Å². The molecule has 2 bridgehead atoms. The van der Waals surface area contributed by atoms with Crippen LogP contribution >= 0.6 is 24.0 Å². The van der Waals surface area contributed by atoms with Gasteiger partial charge in [0.1, 0.15) is 5.82 Å². The highest BCUT2D eigenvalue weighted by atomic mass is 35.5. The molecule has 2 aliphatic rings. The molecule has 2 atom stereocenters. The molecule has 1 aromatic rings. The summed E-state index contributed by atoms with van der Waals surface area (Å²) in [4.78, 5) is 23.2. The van der Waals surface area contributed by atoms with Crippen molar-refractivity contribution in [3.05, 3.63) is 22.7 Å². The maximum Gasteiger partial charge on any atom is 0.274 e. The molecule has 3 rings (SSSR count). The normalized spacial score (nSPS) is 24.1. The number of nitrogens with one attached hydrogen (secondary N) is 1. The Bertz CT molecular complexity index is 552. The Kier molecular flexibility index (Phi) is 5.64. The highest BCUT2D eigenvalue weighted by molar-refractivity contribution is 6.33. The third kappa shape index (κ3) is 3.53. The average molecular weight is 345 g/mol. The Labute approximate surface area is 142 Å². The molecule has 0 saturated carbocycles. The van der Waals surface area contributed by atoms with Crippen LogP contribution in [0.5, 0.6) is 0 Å². The van der Waals surface area contributed by atoms with Crippen LogP contribution in [0.2, 0.25) is 5.02 Å². The molecule has 2 saturated heterocycles. The van der Waals surface area contributed by atoms with E-state index in [2.05, 4.69) is 15.3 Å². The van der Waals surface area contributed by atoms with Crippen LogP contribution in [-0.2, 0) is 0 Å². The van der Waals surface area contributed by atoms with Crippen LogP contribution in [0.4, 0.5) is 0 Å². The van der Waals surface area contributed by atoms with Crippen LogP contribution in [0.15, 0.2) is 6.20 Å². The van der Waals surface area contributed by atoms with Gasteiger partial charge in [-0.2, -0.15) is 0 Å². The molecule has 2 unspecified atom stereocenters. The lowest BCUT2D eigenvalue weighted by Gasteiger charge is -2.24. The van der Waals surface area contributed by atoms with Crippen molar-refractivity contribution in [2.24, 2.45) is 0 Å². The largest absolute Gasteiger partial charge is 0.336 e. The monoisotopic (exact) mass is 344 g/mol. The standard InChI is InChI=1S/C15H21ClN4O.ClH/c1-9(2)14-17-7-12(16)13(19-14)15(21)20-6-5-10-3-4-11(8-20)18-10;/h7,9-11,18H,3-6,8H2,1-2H3;1H. The molecule has 1 aromatic heterocycles. The van der Waals surface area contributed by atoms with Gasteiger partial charge in [-0.25, -0.2) is 9.97 Å². The van der Waals surface area contributed by atoms with Crippen molar-refractivity contribution in [1.82, 2.24) is 20.2 Å². The van der Waals surface area contributed by atoms with E-state index < -0.39 is 0 Å². The third-order valence-electron chi connectivity index (χ3n) is 4.29. The number of amides is 1. The first-order valence-corrected chi connectivity index (χ1v) is 8.00. The van der Waals surface area contributed by atoms with Crippen molar-refractivity contribution in [3.8, 4) is 0 Å². The second-order valence-electron chi connectivity index (χ2n) is 6.26. The summed E-state index contributed by atoms with van der Waals surface area (Å²) in [7, 11) is 0. The van der Waals surface area contributed by atoms with Crippen molar-refractivity contribution in [2.75, 3.05) is 13.1 Å². The fourth-order valence-corrected chi connectivity index (χ4v) is 3.26. The van der Waals surface area contributed by atoms with E-state index >= 15 is 0 Å². The lowest BCUT2D eigenvalue weighted by molar-refractivity contribution is 0.0742. The summed E-state index contributed by atoms with van der Waals surface area (Å²) < 4.78 is 0. The molecule has 5 nitrogen and oxygen atoms in total. The highest BCUT2D eigenvalue weighted by Crippen LogP contribution is 2.23. The molecule has 1 N–H and O–H groups in total. The summed E-state index contributed by atoms with van der Waals surface area (Å²) in [6, 6.07) is 0.964. The predicted octanol–water partition coefficient (Wildman–Crippen LogP) is 2.64. The number of fused-ring (bicyclic) bond motifs is 2. The highest BCUT2D eigenvalue weighted by Gasteiger charge is 2.32. The molecular formula is C15H22Cl2N4O. The van der Waals surface area contributed by atoms with Gasteiger partial charge in [-0.3, -0.25) is 4.79 Å². The van der Waals surface area contributed by atoms with Crippen LogP contribution in [0, 0.1) is 0 Å². The zero-order valence-electron chi connectivity index (χ0n) is 12.9. The van der Waals surface area contributed by atoms with Crippen LogP contribution in [0.3, 0.4) is 0 Å². The molecule has 1 amide bonds. The number of hydrogen-bond donors (Lipinski definition) is 1. The molecule has 0 aromatic carbocycles. The lowest BCUT2D eigenvalue weighted by Crippen LogP contribution is -2.39. The maximum absolute atomic E-state index is 12.7. The van der Waals surface area contributed by atoms with Gasteiger partial charge in [-0.15, -0.1) is 12.4 Å². The van der Waals surface area contributed by atoms with E-state index in [1.807, 2.05) is 18.7 Å². The molecule has 2 aliphatic heterocycles. The van der Waals surface area contributed by atoms with Gasteiger partial charge < -0.3 is 10.2 Å². The minimum atomic E-state index is -0.0707. The van der Waals surface area contributed by atoms with Gasteiger partial charge in [0.25, 0.3) is 5.91 Å². The SMILES string of the molecule is CC(C)c1ncc(Cl)c(C(=O)N2CCC3CCC(C2)N3)n1.Cl. The first-order chi connectivity index (χ1) is 10.0.